The minimum atomic E-state index is -0.476. The molecule has 1 rings (SSSR count). The molecule has 7 nitrogen and oxygen atoms in total. The maximum Gasteiger partial charge on any atom is 0.145 e. The van der Waals surface area contributed by atoms with Crippen molar-refractivity contribution >= 4 is 11.6 Å². The van der Waals surface area contributed by atoms with Crippen molar-refractivity contribution in [2.75, 3.05) is 31.0 Å². The number of hydrogen-bond acceptors (Lipinski definition) is 7. The Balaban J connectivity index is 2.59. The average molecular weight is 269 g/mol. The standard InChI is InChI=1S/C12H23N5O2/c1-8(2)12-15-10(6-11(16-12)17-13)14-5-4-9(18)7-19-3/h6,8-9,18H,4-5,7,13H2,1-3H3,(H2,14,15,16,17). The molecular formula is C12H23N5O2. The summed E-state index contributed by atoms with van der Waals surface area (Å²) in [4.78, 5) is 8.66. The van der Waals surface area contributed by atoms with Gasteiger partial charge in [0.25, 0.3) is 0 Å². The largest absolute Gasteiger partial charge is 0.391 e. The quantitative estimate of drug-likeness (QED) is 0.406. The van der Waals surface area contributed by atoms with Crippen LogP contribution in [0.3, 0.4) is 0 Å². The van der Waals surface area contributed by atoms with Gasteiger partial charge >= 0.3 is 0 Å². The van der Waals surface area contributed by atoms with Crippen LogP contribution in [0.1, 0.15) is 32.0 Å². The lowest BCUT2D eigenvalue weighted by molar-refractivity contribution is 0.0615. The summed E-state index contributed by atoms with van der Waals surface area (Å²) >= 11 is 0. The fraction of sp³-hybridized carbons (Fsp3) is 0.667. The van der Waals surface area contributed by atoms with E-state index < -0.39 is 6.10 Å². The van der Waals surface area contributed by atoms with Crippen LogP contribution in [0.25, 0.3) is 0 Å². The average Bonchev–Trinajstić information content (AvgIpc) is 2.38. The molecule has 0 aliphatic rings. The lowest BCUT2D eigenvalue weighted by atomic mass is 10.2. The summed E-state index contributed by atoms with van der Waals surface area (Å²) in [5, 5.41) is 12.7. The van der Waals surface area contributed by atoms with Crippen LogP contribution in [-0.2, 0) is 4.74 Å². The summed E-state index contributed by atoms with van der Waals surface area (Å²) in [5.74, 6) is 7.57. The number of nitrogens with zero attached hydrogens (tertiary/aromatic N) is 2. The number of aliphatic hydroxyl groups is 1. The van der Waals surface area contributed by atoms with Crippen molar-refractivity contribution in [2.45, 2.75) is 32.3 Å². The first kappa shape index (κ1) is 15.6. The molecule has 0 aliphatic heterocycles. The van der Waals surface area contributed by atoms with Crippen LogP contribution < -0.4 is 16.6 Å². The predicted molar refractivity (Wildman–Crippen MR) is 74.9 cm³/mol. The zero-order valence-corrected chi connectivity index (χ0v) is 11.7. The molecule has 1 heterocycles. The summed E-state index contributed by atoms with van der Waals surface area (Å²) in [6.07, 6.45) is 0.108. The molecular weight excluding hydrogens is 246 g/mol. The molecule has 5 N–H and O–H groups in total. The van der Waals surface area contributed by atoms with Crippen molar-refractivity contribution in [3.8, 4) is 0 Å². The Bertz CT molecular complexity index is 386. The summed E-state index contributed by atoms with van der Waals surface area (Å²) in [6.45, 7) is 4.96. The van der Waals surface area contributed by atoms with Crippen LogP contribution in [0.15, 0.2) is 6.07 Å². The highest BCUT2D eigenvalue weighted by atomic mass is 16.5. The van der Waals surface area contributed by atoms with E-state index in [0.717, 1.165) is 5.82 Å². The smallest absolute Gasteiger partial charge is 0.145 e. The molecule has 19 heavy (non-hydrogen) atoms. The maximum absolute atomic E-state index is 9.54. The number of methoxy groups -OCH3 is 1. The minimum Gasteiger partial charge on any atom is -0.391 e. The highest BCUT2D eigenvalue weighted by molar-refractivity contribution is 5.47. The third-order valence-electron chi connectivity index (χ3n) is 2.55. The Morgan fingerprint density at radius 2 is 2.05 bits per heavy atom. The van der Waals surface area contributed by atoms with E-state index in [-0.39, 0.29) is 5.92 Å². The van der Waals surface area contributed by atoms with Gasteiger partial charge in [-0.2, -0.15) is 0 Å². The number of hydrogen-bond donors (Lipinski definition) is 4. The van der Waals surface area contributed by atoms with Gasteiger partial charge in [-0.3, -0.25) is 0 Å². The topological polar surface area (TPSA) is 105 Å². The Morgan fingerprint density at radius 1 is 1.37 bits per heavy atom. The van der Waals surface area contributed by atoms with Gasteiger partial charge in [0.2, 0.25) is 0 Å². The number of aliphatic hydroxyl groups excluding tert-OH is 1. The first-order valence-corrected chi connectivity index (χ1v) is 6.33. The van der Waals surface area contributed by atoms with E-state index in [1.165, 1.54) is 0 Å². The van der Waals surface area contributed by atoms with Gasteiger partial charge in [0, 0.05) is 25.6 Å². The molecule has 0 bridgehead atoms. The molecule has 0 radical (unpaired) electrons. The van der Waals surface area contributed by atoms with Crippen LogP contribution in [0, 0.1) is 0 Å². The number of anilines is 2. The van der Waals surface area contributed by atoms with E-state index in [1.54, 1.807) is 13.2 Å². The molecule has 1 aromatic heterocycles. The normalized spacial score (nSPS) is 12.5. The summed E-state index contributed by atoms with van der Waals surface area (Å²) in [7, 11) is 1.56. The summed E-state index contributed by atoms with van der Waals surface area (Å²) < 4.78 is 4.86. The van der Waals surface area contributed by atoms with Gasteiger partial charge in [-0.15, -0.1) is 0 Å². The molecule has 0 aliphatic carbocycles. The fourth-order valence-electron chi connectivity index (χ4n) is 1.53. The second-order valence-corrected chi connectivity index (χ2v) is 4.62. The second kappa shape index (κ2) is 7.88. The fourth-order valence-corrected chi connectivity index (χ4v) is 1.53. The summed E-state index contributed by atoms with van der Waals surface area (Å²) in [6, 6.07) is 1.73. The van der Waals surface area contributed by atoms with Crippen molar-refractivity contribution in [3.63, 3.8) is 0 Å². The van der Waals surface area contributed by atoms with Crippen molar-refractivity contribution < 1.29 is 9.84 Å². The maximum atomic E-state index is 9.54. The van der Waals surface area contributed by atoms with Crippen molar-refractivity contribution in [3.05, 3.63) is 11.9 Å². The second-order valence-electron chi connectivity index (χ2n) is 4.62. The first-order valence-electron chi connectivity index (χ1n) is 6.33. The van der Waals surface area contributed by atoms with Gasteiger partial charge in [0.05, 0.1) is 12.7 Å². The molecule has 0 spiro atoms. The van der Waals surface area contributed by atoms with Crippen molar-refractivity contribution in [1.29, 1.82) is 0 Å². The number of aromatic nitrogens is 2. The van der Waals surface area contributed by atoms with Crippen molar-refractivity contribution in [1.82, 2.24) is 9.97 Å². The predicted octanol–water partition coefficient (Wildman–Crippen LogP) is 0.695. The number of nitrogen functional groups attached to an aromatic ring is 1. The van der Waals surface area contributed by atoms with Gasteiger partial charge < -0.3 is 20.6 Å². The third-order valence-corrected chi connectivity index (χ3v) is 2.55. The Labute approximate surface area is 113 Å². The zero-order chi connectivity index (χ0) is 14.3. The lowest BCUT2D eigenvalue weighted by Crippen LogP contribution is -2.19. The van der Waals surface area contributed by atoms with Gasteiger partial charge in [-0.05, 0) is 6.42 Å². The number of ether oxygens (including phenoxy) is 1. The highest BCUT2D eigenvalue weighted by Gasteiger charge is 2.08. The van der Waals surface area contributed by atoms with Crippen LogP contribution >= 0.6 is 0 Å². The first-order chi connectivity index (χ1) is 9.06. The Morgan fingerprint density at radius 3 is 2.63 bits per heavy atom. The minimum absolute atomic E-state index is 0.216. The van der Waals surface area contributed by atoms with Crippen LogP contribution in [0.5, 0.6) is 0 Å². The molecule has 1 unspecified atom stereocenters. The Kier molecular flexibility index (Phi) is 6.48. The monoisotopic (exact) mass is 269 g/mol. The van der Waals surface area contributed by atoms with Gasteiger partial charge in [0.15, 0.2) is 0 Å². The molecule has 0 amide bonds. The molecule has 1 aromatic rings. The molecule has 0 fully saturated rings. The SMILES string of the molecule is COCC(O)CCNc1cc(NN)nc(C(C)C)n1. The van der Waals surface area contributed by atoms with Crippen LogP contribution in [0.4, 0.5) is 11.6 Å². The van der Waals surface area contributed by atoms with E-state index in [4.69, 9.17) is 10.6 Å². The van der Waals surface area contributed by atoms with E-state index in [2.05, 4.69) is 20.7 Å². The summed E-state index contributed by atoms with van der Waals surface area (Å²) in [5.41, 5.74) is 2.52. The van der Waals surface area contributed by atoms with E-state index >= 15 is 0 Å². The lowest BCUT2D eigenvalue weighted by Gasteiger charge is -2.13. The van der Waals surface area contributed by atoms with E-state index in [0.29, 0.717) is 31.2 Å². The van der Waals surface area contributed by atoms with Gasteiger partial charge in [-0.25, -0.2) is 15.8 Å². The molecule has 0 saturated carbocycles. The number of rotatable bonds is 8. The molecule has 108 valence electrons. The Hall–Kier alpha value is -1.44. The zero-order valence-electron chi connectivity index (χ0n) is 11.7. The number of nitrogens with one attached hydrogen (secondary N) is 2. The van der Waals surface area contributed by atoms with Crippen LogP contribution in [0.2, 0.25) is 0 Å². The number of nitrogens with two attached hydrogens (primary N) is 1. The van der Waals surface area contributed by atoms with Gasteiger partial charge in [-0.1, -0.05) is 13.8 Å². The van der Waals surface area contributed by atoms with Gasteiger partial charge in [0.1, 0.15) is 17.5 Å². The molecule has 1 atom stereocenters. The van der Waals surface area contributed by atoms with E-state index in [9.17, 15) is 5.11 Å². The third kappa shape index (κ3) is 5.37. The highest BCUT2D eigenvalue weighted by Crippen LogP contribution is 2.16. The molecule has 0 aromatic carbocycles. The molecule has 7 heteroatoms. The molecule has 0 saturated heterocycles. The van der Waals surface area contributed by atoms with Crippen LogP contribution in [-0.4, -0.2) is 41.4 Å². The van der Waals surface area contributed by atoms with Crippen molar-refractivity contribution in [2.24, 2.45) is 5.84 Å². The number of hydrazine groups is 1. The van der Waals surface area contributed by atoms with E-state index in [1.807, 2.05) is 13.8 Å².